The van der Waals surface area contributed by atoms with E-state index in [1.165, 1.54) is 0 Å². The molecule has 1 saturated heterocycles. The molecule has 0 aromatic carbocycles. The standard InChI is InChI=1S/C7H12N2O6S2/c1-2-17(13,14)9(8)7(10)15-6-3-4-16(11,12)5-6/h2,6H,1,3-5,8H2. The summed E-state index contributed by atoms with van der Waals surface area (Å²) in [5.41, 5.74) is 0. The molecule has 2 N–H and O–H groups in total. The number of sulfone groups is 1. The fourth-order valence-electron chi connectivity index (χ4n) is 1.23. The predicted octanol–water partition coefficient (Wildman–Crippen LogP) is -1.04. The molecule has 10 heteroatoms. The first-order chi connectivity index (χ1) is 7.68. The second kappa shape index (κ2) is 4.63. The zero-order valence-corrected chi connectivity index (χ0v) is 10.4. The Kier molecular flexibility index (Phi) is 3.79. The van der Waals surface area contributed by atoms with Crippen molar-refractivity contribution in [2.75, 3.05) is 11.5 Å². The molecule has 17 heavy (non-hydrogen) atoms. The van der Waals surface area contributed by atoms with Crippen molar-refractivity contribution >= 4 is 26.0 Å². The molecule has 8 nitrogen and oxygen atoms in total. The maximum Gasteiger partial charge on any atom is 0.439 e. The van der Waals surface area contributed by atoms with Crippen LogP contribution in [-0.2, 0) is 24.6 Å². The lowest BCUT2D eigenvalue weighted by atomic mass is 10.3. The van der Waals surface area contributed by atoms with Crippen LogP contribution in [0, 0.1) is 0 Å². The van der Waals surface area contributed by atoms with E-state index in [1.807, 2.05) is 0 Å². The van der Waals surface area contributed by atoms with E-state index in [2.05, 4.69) is 11.3 Å². The van der Waals surface area contributed by atoms with Gasteiger partial charge in [-0.05, 0) is 6.42 Å². The van der Waals surface area contributed by atoms with Crippen LogP contribution in [0.25, 0.3) is 0 Å². The molecule has 1 fully saturated rings. The number of amides is 1. The molecule has 0 radical (unpaired) electrons. The molecule has 1 amide bonds. The number of nitrogens with zero attached hydrogens (tertiary/aromatic N) is 1. The van der Waals surface area contributed by atoms with Gasteiger partial charge in [-0.3, -0.25) is 0 Å². The van der Waals surface area contributed by atoms with Gasteiger partial charge in [0, 0.05) is 5.41 Å². The number of carbonyl (C=O) groups is 1. The Morgan fingerprint density at radius 2 is 2.12 bits per heavy atom. The van der Waals surface area contributed by atoms with E-state index in [1.54, 1.807) is 0 Å². The minimum absolute atomic E-state index is 0.0935. The Bertz CT molecular complexity index is 523. The fraction of sp³-hybridized carbons (Fsp3) is 0.571. The van der Waals surface area contributed by atoms with Crippen LogP contribution in [0.2, 0.25) is 0 Å². The summed E-state index contributed by atoms with van der Waals surface area (Å²) < 4.78 is 48.9. The van der Waals surface area contributed by atoms with Crippen molar-refractivity contribution in [1.82, 2.24) is 4.41 Å². The van der Waals surface area contributed by atoms with Crippen LogP contribution >= 0.6 is 0 Å². The van der Waals surface area contributed by atoms with Gasteiger partial charge in [-0.15, -0.1) is 4.41 Å². The monoisotopic (exact) mass is 284 g/mol. The normalized spacial score (nSPS) is 23.0. The minimum Gasteiger partial charge on any atom is -0.443 e. The Morgan fingerprint density at radius 3 is 2.53 bits per heavy atom. The molecular formula is C7H12N2O6S2. The summed E-state index contributed by atoms with van der Waals surface area (Å²) in [6, 6.07) is 0. The molecule has 1 rings (SSSR count). The average molecular weight is 284 g/mol. The van der Waals surface area contributed by atoms with Crippen LogP contribution in [0.1, 0.15) is 6.42 Å². The molecule has 98 valence electrons. The lowest BCUT2D eigenvalue weighted by Crippen LogP contribution is -2.43. The first kappa shape index (κ1) is 13.9. The van der Waals surface area contributed by atoms with Gasteiger partial charge in [-0.2, -0.15) is 0 Å². The average Bonchev–Trinajstić information content (AvgIpc) is 2.56. The largest absolute Gasteiger partial charge is 0.443 e. The van der Waals surface area contributed by atoms with Crippen molar-refractivity contribution in [3.8, 4) is 0 Å². The number of hydrogen-bond acceptors (Lipinski definition) is 7. The summed E-state index contributed by atoms with van der Waals surface area (Å²) in [4.78, 5) is 11.3. The molecule has 0 aliphatic carbocycles. The predicted molar refractivity (Wildman–Crippen MR) is 58.7 cm³/mol. The van der Waals surface area contributed by atoms with Gasteiger partial charge in [0.15, 0.2) is 9.84 Å². The number of hydrogen-bond donors (Lipinski definition) is 1. The molecule has 0 saturated carbocycles. The van der Waals surface area contributed by atoms with E-state index in [0.29, 0.717) is 5.41 Å². The van der Waals surface area contributed by atoms with Gasteiger partial charge in [0.1, 0.15) is 6.10 Å². The highest BCUT2D eigenvalue weighted by Crippen LogP contribution is 2.16. The van der Waals surface area contributed by atoms with Crippen LogP contribution in [-0.4, -0.2) is 45.0 Å². The fourth-order valence-corrected chi connectivity index (χ4v) is 3.23. The minimum atomic E-state index is -4.12. The van der Waals surface area contributed by atoms with Crippen LogP contribution < -0.4 is 5.84 Å². The Labute approximate surface area is 99.0 Å². The van der Waals surface area contributed by atoms with E-state index in [9.17, 15) is 21.6 Å². The molecule has 1 unspecified atom stereocenters. The van der Waals surface area contributed by atoms with Gasteiger partial charge < -0.3 is 4.74 Å². The smallest absolute Gasteiger partial charge is 0.439 e. The van der Waals surface area contributed by atoms with Gasteiger partial charge in [0.05, 0.1) is 11.5 Å². The van der Waals surface area contributed by atoms with Crippen LogP contribution in [0.4, 0.5) is 4.79 Å². The molecule has 1 heterocycles. The summed E-state index contributed by atoms with van der Waals surface area (Å²) in [6.45, 7) is 2.98. The highest BCUT2D eigenvalue weighted by molar-refractivity contribution is 7.92. The van der Waals surface area contributed by atoms with E-state index in [0.717, 1.165) is 0 Å². The summed E-state index contributed by atoms with van der Waals surface area (Å²) >= 11 is 0. The summed E-state index contributed by atoms with van der Waals surface area (Å²) in [5, 5.41) is 0.486. The second-order valence-corrected chi connectivity index (χ2v) is 7.40. The first-order valence-corrected chi connectivity index (χ1v) is 7.84. The van der Waals surface area contributed by atoms with E-state index < -0.39 is 32.1 Å². The summed E-state index contributed by atoms with van der Waals surface area (Å²) in [6.07, 6.45) is -2.05. The van der Waals surface area contributed by atoms with Crippen LogP contribution in [0.3, 0.4) is 0 Å². The zero-order chi connectivity index (χ0) is 13.3. The second-order valence-electron chi connectivity index (χ2n) is 3.42. The molecule has 0 aromatic rings. The number of carbonyl (C=O) groups excluding carboxylic acids is 1. The maximum atomic E-state index is 11.3. The summed E-state index contributed by atoms with van der Waals surface area (Å²) in [7, 11) is -7.33. The van der Waals surface area contributed by atoms with E-state index in [-0.39, 0.29) is 22.3 Å². The number of ether oxygens (including phenoxy) is 1. The van der Waals surface area contributed by atoms with Gasteiger partial charge >= 0.3 is 6.09 Å². The third-order valence-electron chi connectivity index (χ3n) is 2.12. The number of rotatable bonds is 3. The third-order valence-corrected chi connectivity index (χ3v) is 4.98. The van der Waals surface area contributed by atoms with Crippen molar-refractivity contribution in [3.05, 3.63) is 12.0 Å². The highest BCUT2D eigenvalue weighted by Gasteiger charge is 2.33. The lowest BCUT2D eigenvalue weighted by molar-refractivity contribution is 0.0922. The SMILES string of the molecule is C=CS(=O)(=O)N(N)C(=O)OC1CCS(=O)(=O)C1. The van der Waals surface area contributed by atoms with E-state index in [4.69, 9.17) is 5.84 Å². The molecular weight excluding hydrogens is 272 g/mol. The van der Waals surface area contributed by atoms with Gasteiger partial charge in [-0.1, -0.05) is 6.58 Å². The first-order valence-electron chi connectivity index (χ1n) is 4.51. The number of hydrazine groups is 1. The molecule has 1 aliphatic rings. The van der Waals surface area contributed by atoms with Crippen LogP contribution in [0.15, 0.2) is 12.0 Å². The van der Waals surface area contributed by atoms with Crippen molar-refractivity contribution in [2.24, 2.45) is 5.84 Å². The molecule has 0 aromatic heterocycles. The van der Waals surface area contributed by atoms with Gasteiger partial charge in [-0.25, -0.2) is 27.5 Å². The molecule has 0 bridgehead atoms. The Balaban J connectivity index is 2.66. The summed E-state index contributed by atoms with van der Waals surface area (Å²) in [5.74, 6) is 4.59. The quantitative estimate of drug-likeness (QED) is 0.398. The Morgan fingerprint density at radius 1 is 1.53 bits per heavy atom. The van der Waals surface area contributed by atoms with Crippen molar-refractivity contribution < 1.29 is 26.4 Å². The highest BCUT2D eigenvalue weighted by atomic mass is 32.2. The zero-order valence-electron chi connectivity index (χ0n) is 8.77. The molecule has 1 aliphatic heterocycles. The van der Waals surface area contributed by atoms with Crippen molar-refractivity contribution in [2.45, 2.75) is 12.5 Å². The number of sulfonamides is 1. The number of nitrogens with two attached hydrogens (primary N) is 1. The maximum absolute atomic E-state index is 11.3. The van der Waals surface area contributed by atoms with Gasteiger partial charge in [0.2, 0.25) is 0 Å². The van der Waals surface area contributed by atoms with Crippen molar-refractivity contribution in [1.29, 1.82) is 0 Å². The lowest BCUT2D eigenvalue weighted by Gasteiger charge is -2.16. The van der Waals surface area contributed by atoms with E-state index >= 15 is 0 Å². The topological polar surface area (TPSA) is 124 Å². The molecule has 1 atom stereocenters. The Hall–Kier alpha value is -1.13. The van der Waals surface area contributed by atoms with Crippen molar-refractivity contribution in [3.63, 3.8) is 0 Å². The van der Waals surface area contributed by atoms with Gasteiger partial charge in [0.25, 0.3) is 10.0 Å². The molecule has 0 spiro atoms. The van der Waals surface area contributed by atoms with Crippen LogP contribution in [0.5, 0.6) is 0 Å². The third kappa shape index (κ3) is 3.41.